The van der Waals surface area contributed by atoms with Crippen LogP contribution in [-0.4, -0.2) is 48.0 Å². The number of rotatable bonds is 8. The second-order valence-corrected chi connectivity index (χ2v) is 10.8. The van der Waals surface area contributed by atoms with E-state index in [9.17, 15) is 5.11 Å². The van der Waals surface area contributed by atoms with Crippen LogP contribution in [0.3, 0.4) is 0 Å². The van der Waals surface area contributed by atoms with Gasteiger partial charge in [-0.15, -0.1) is 0 Å². The van der Waals surface area contributed by atoms with E-state index in [-0.39, 0.29) is 16.8 Å². The Kier molecular flexibility index (Phi) is 8.18. The summed E-state index contributed by atoms with van der Waals surface area (Å²) < 4.78 is 5.66. The van der Waals surface area contributed by atoms with Crippen LogP contribution in [0.4, 0.5) is 0 Å². The summed E-state index contributed by atoms with van der Waals surface area (Å²) in [6.07, 6.45) is 5.45. The molecule has 0 amide bonds. The lowest BCUT2D eigenvalue weighted by Crippen LogP contribution is -2.61. The Hall–Kier alpha value is -2.96. The standard InChI is InChI=1S/C29H40N4O2/c1-9-11-24(31-30-19-33(7)23-17-28(3,4)32-29(5,6)18-23)27-25(34)15-22(16-26(27)35-8)21-13-10-12-20(2)14-21/h9-16,23,32,34H,1,17-19H2,2-8H3/b24-11-,31-30-. The van der Waals surface area contributed by atoms with Crippen LogP contribution in [-0.2, 0) is 0 Å². The van der Waals surface area contributed by atoms with E-state index < -0.39 is 0 Å². The monoisotopic (exact) mass is 476 g/mol. The van der Waals surface area contributed by atoms with Crippen molar-refractivity contribution in [1.82, 2.24) is 10.2 Å². The molecule has 2 aromatic carbocycles. The average molecular weight is 477 g/mol. The minimum atomic E-state index is 0.0594. The molecule has 6 nitrogen and oxygen atoms in total. The van der Waals surface area contributed by atoms with Crippen molar-refractivity contribution in [2.45, 2.75) is 64.6 Å². The van der Waals surface area contributed by atoms with Crippen molar-refractivity contribution in [2.24, 2.45) is 10.2 Å². The van der Waals surface area contributed by atoms with Crippen molar-refractivity contribution >= 4 is 5.70 Å². The topological polar surface area (TPSA) is 69.5 Å². The predicted octanol–water partition coefficient (Wildman–Crippen LogP) is 6.55. The molecule has 0 bridgehead atoms. The van der Waals surface area contributed by atoms with Crippen molar-refractivity contribution in [1.29, 1.82) is 0 Å². The largest absolute Gasteiger partial charge is 0.507 e. The molecule has 35 heavy (non-hydrogen) atoms. The number of benzene rings is 2. The molecular formula is C29H40N4O2. The third kappa shape index (κ3) is 6.80. The number of piperidine rings is 1. The number of aromatic hydroxyl groups is 1. The summed E-state index contributed by atoms with van der Waals surface area (Å²) >= 11 is 0. The molecule has 1 aliphatic heterocycles. The van der Waals surface area contributed by atoms with Gasteiger partial charge in [0.25, 0.3) is 0 Å². The molecule has 1 fully saturated rings. The van der Waals surface area contributed by atoms with E-state index in [0.717, 1.165) is 29.5 Å². The highest BCUT2D eigenvalue weighted by atomic mass is 16.5. The van der Waals surface area contributed by atoms with Gasteiger partial charge in [-0.1, -0.05) is 42.5 Å². The van der Waals surface area contributed by atoms with E-state index in [0.29, 0.717) is 29.7 Å². The van der Waals surface area contributed by atoms with Crippen LogP contribution < -0.4 is 10.1 Å². The summed E-state index contributed by atoms with van der Waals surface area (Å²) in [5.41, 5.74) is 4.15. The lowest BCUT2D eigenvalue weighted by molar-refractivity contribution is 0.0825. The summed E-state index contributed by atoms with van der Waals surface area (Å²) in [5.74, 6) is 0.617. The quantitative estimate of drug-likeness (QED) is 0.335. The van der Waals surface area contributed by atoms with Crippen LogP contribution in [0.1, 0.15) is 51.7 Å². The number of allylic oxidation sites excluding steroid dienone is 2. The Bertz CT molecular complexity index is 1100. The summed E-state index contributed by atoms with van der Waals surface area (Å²) in [4.78, 5) is 2.25. The molecule has 0 unspecified atom stereocenters. The molecule has 0 aliphatic carbocycles. The molecule has 1 aliphatic rings. The average Bonchev–Trinajstić information content (AvgIpc) is 2.76. The third-order valence-electron chi connectivity index (χ3n) is 6.44. The number of ether oxygens (including phenoxy) is 1. The zero-order valence-corrected chi connectivity index (χ0v) is 22.2. The maximum Gasteiger partial charge on any atom is 0.132 e. The number of phenols is 1. The molecule has 0 atom stereocenters. The molecule has 0 spiro atoms. The van der Waals surface area contributed by atoms with Gasteiger partial charge in [-0.25, -0.2) is 0 Å². The second-order valence-electron chi connectivity index (χ2n) is 10.8. The lowest BCUT2D eigenvalue weighted by Gasteiger charge is -2.48. The first kappa shape index (κ1) is 26.6. The van der Waals surface area contributed by atoms with Gasteiger partial charge in [0.15, 0.2) is 0 Å². The van der Waals surface area contributed by atoms with E-state index in [2.05, 4.69) is 67.8 Å². The van der Waals surface area contributed by atoms with Gasteiger partial charge in [-0.05, 0) is 83.8 Å². The van der Waals surface area contributed by atoms with E-state index in [1.165, 1.54) is 0 Å². The first-order valence-electron chi connectivity index (χ1n) is 12.1. The van der Waals surface area contributed by atoms with E-state index >= 15 is 0 Å². The number of methoxy groups -OCH3 is 1. The van der Waals surface area contributed by atoms with Crippen molar-refractivity contribution in [3.8, 4) is 22.6 Å². The Morgan fingerprint density at radius 1 is 1.17 bits per heavy atom. The SMILES string of the molecule is C=C/C=C(\N=N/CN(C)C1CC(C)(C)NC(C)(C)C1)c1c(O)cc(-c2cccc(C)c2)cc1OC. The number of hydrogen-bond acceptors (Lipinski definition) is 6. The molecule has 1 saturated heterocycles. The minimum absolute atomic E-state index is 0.0594. The second kappa shape index (κ2) is 10.8. The molecular weight excluding hydrogens is 436 g/mol. The minimum Gasteiger partial charge on any atom is -0.507 e. The van der Waals surface area contributed by atoms with Gasteiger partial charge in [0.05, 0.1) is 18.4 Å². The zero-order valence-electron chi connectivity index (χ0n) is 22.2. The van der Waals surface area contributed by atoms with Gasteiger partial charge in [-0.3, -0.25) is 4.90 Å². The van der Waals surface area contributed by atoms with E-state index in [1.54, 1.807) is 25.3 Å². The fraction of sp³-hybridized carbons (Fsp3) is 0.448. The van der Waals surface area contributed by atoms with E-state index in [1.807, 2.05) is 31.2 Å². The van der Waals surface area contributed by atoms with Crippen molar-refractivity contribution in [3.63, 3.8) is 0 Å². The summed E-state index contributed by atoms with van der Waals surface area (Å²) in [7, 11) is 3.68. The Balaban J connectivity index is 1.84. The van der Waals surface area contributed by atoms with Gasteiger partial charge < -0.3 is 15.2 Å². The molecule has 2 N–H and O–H groups in total. The molecule has 188 valence electrons. The highest BCUT2D eigenvalue weighted by molar-refractivity contribution is 5.80. The van der Waals surface area contributed by atoms with Gasteiger partial charge in [0.2, 0.25) is 0 Å². The lowest BCUT2D eigenvalue weighted by atomic mass is 9.79. The third-order valence-corrected chi connectivity index (χ3v) is 6.44. The van der Waals surface area contributed by atoms with Gasteiger partial charge in [0.1, 0.15) is 18.2 Å². The molecule has 0 saturated carbocycles. The van der Waals surface area contributed by atoms with Crippen LogP contribution in [0, 0.1) is 6.92 Å². The van der Waals surface area contributed by atoms with Crippen LogP contribution in [0.15, 0.2) is 65.4 Å². The normalized spacial score (nSPS) is 18.2. The van der Waals surface area contributed by atoms with Crippen LogP contribution in [0.5, 0.6) is 11.5 Å². The number of azo groups is 1. The van der Waals surface area contributed by atoms with Crippen molar-refractivity contribution < 1.29 is 9.84 Å². The number of phenolic OH excluding ortho intramolecular Hbond substituents is 1. The van der Waals surface area contributed by atoms with Gasteiger partial charge in [0, 0.05) is 17.1 Å². The fourth-order valence-electron chi connectivity index (χ4n) is 5.19. The maximum absolute atomic E-state index is 11.0. The molecule has 2 aromatic rings. The summed E-state index contributed by atoms with van der Waals surface area (Å²) in [6, 6.07) is 12.2. The Morgan fingerprint density at radius 2 is 1.86 bits per heavy atom. The number of hydrogen-bond donors (Lipinski definition) is 2. The van der Waals surface area contributed by atoms with Crippen LogP contribution in [0.25, 0.3) is 16.8 Å². The Morgan fingerprint density at radius 3 is 2.46 bits per heavy atom. The van der Waals surface area contributed by atoms with Gasteiger partial charge >= 0.3 is 0 Å². The smallest absolute Gasteiger partial charge is 0.132 e. The highest BCUT2D eigenvalue weighted by Gasteiger charge is 2.39. The molecule has 0 aromatic heterocycles. The van der Waals surface area contributed by atoms with Crippen LogP contribution in [0.2, 0.25) is 0 Å². The fourth-order valence-corrected chi connectivity index (χ4v) is 5.19. The molecule has 1 heterocycles. The summed E-state index contributed by atoms with van der Waals surface area (Å²) in [5, 5.41) is 23.7. The number of nitrogens with zero attached hydrogens (tertiary/aromatic N) is 3. The molecule has 3 rings (SSSR count). The van der Waals surface area contributed by atoms with Crippen LogP contribution >= 0.6 is 0 Å². The number of nitrogens with one attached hydrogen (secondary N) is 1. The Labute approximate surface area is 210 Å². The van der Waals surface area contributed by atoms with Gasteiger partial charge in [-0.2, -0.15) is 10.2 Å². The number of aryl methyl sites for hydroxylation is 1. The molecule has 6 heteroatoms. The maximum atomic E-state index is 11.0. The first-order valence-corrected chi connectivity index (χ1v) is 12.1. The first-order chi connectivity index (χ1) is 16.4. The highest BCUT2D eigenvalue weighted by Crippen LogP contribution is 2.39. The van der Waals surface area contributed by atoms with Crippen molar-refractivity contribution in [3.05, 3.63) is 66.3 Å². The van der Waals surface area contributed by atoms with Crippen molar-refractivity contribution in [2.75, 3.05) is 20.8 Å². The molecule has 0 radical (unpaired) electrons. The predicted molar refractivity (Wildman–Crippen MR) is 145 cm³/mol. The zero-order chi connectivity index (χ0) is 25.8. The van der Waals surface area contributed by atoms with E-state index in [4.69, 9.17) is 4.74 Å². The summed E-state index contributed by atoms with van der Waals surface area (Å²) in [6.45, 7) is 15.3.